The van der Waals surface area contributed by atoms with Gasteiger partial charge in [-0.3, -0.25) is 0 Å². The van der Waals surface area contributed by atoms with E-state index in [2.05, 4.69) is 0 Å². The molecule has 1 rings (SSSR count). The van der Waals surface area contributed by atoms with Crippen LogP contribution in [0.4, 0.5) is 0 Å². The third-order valence-electron chi connectivity index (χ3n) is 1.94. The molecule has 0 aliphatic rings. The molecule has 0 heterocycles. The van der Waals surface area contributed by atoms with Crippen molar-refractivity contribution in [3.05, 3.63) is 28.8 Å². The fraction of sp³-hybridized carbons (Fsp3) is 0.500. The molecule has 0 spiro atoms. The molecule has 2 nitrogen and oxygen atoms in total. The highest BCUT2D eigenvalue weighted by Crippen LogP contribution is 2.30. The Labute approximate surface area is 96.4 Å². The normalized spacial score (nSPS) is 12.9. The molecule has 2 N–H and O–H groups in total. The molecule has 1 unspecified atom stereocenters. The molecule has 1 aromatic rings. The number of rotatable bonds is 4. The van der Waals surface area contributed by atoms with Gasteiger partial charge in [-0.25, -0.2) is 0 Å². The van der Waals surface area contributed by atoms with Gasteiger partial charge >= 0.3 is 0 Å². The highest BCUT2D eigenvalue weighted by molar-refractivity contribution is 6.32. The molecule has 0 aliphatic carbocycles. The van der Waals surface area contributed by atoms with Gasteiger partial charge in [-0.1, -0.05) is 23.7 Å². The Morgan fingerprint density at radius 1 is 1.33 bits per heavy atom. The standard InChI is InChI=1S/C12H18ClNO/c1-8(2)15-12-10(7-9(3)14)5-4-6-11(12)13/h4-6,8-9H,7,14H2,1-3H3. The lowest BCUT2D eigenvalue weighted by molar-refractivity contribution is 0.240. The fourth-order valence-electron chi connectivity index (χ4n) is 1.43. The number of hydrogen-bond acceptors (Lipinski definition) is 2. The van der Waals surface area contributed by atoms with E-state index in [4.69, 9.17) is 22.1 Å². The Hall–Kier alpha value is -0.730. The molecule has 0 bridgehead atoms. The van der Waals surface area contributed by atoms with Gasteiger partial charge in [0.2, 0.25) is 0 Å². The van der Waals surface area contributed by atoms with Crippen molar-refractivity contribution in [3.63, 3.8) is 0 Å². The zero-order valence-corrected chi connectivity index (χ0v) is 10.2. The monoisotopic (exact) mass is 227 g/mol. The zero-order chi connectivity index (χ0) is 11.4. The summed E-state index contributed by atoms with van der Waals surface area (Å²) in [6.45, 7) is 5.94. The number of halogens is 1. The molecule has 1 aromatic carbocycles. The molecule has 0 saturated carbocycles. The van der Waals surface area contributed by atoms with Gasteiger partial charge in [0.15, 0.2) is 0 Å². The maximum absolute atomic E-state index is 6.09. The highest BCUT2D eigenvalue weighted by atomic mass is 35.5. The van der Waals surface area contributed by atoms with E-state index in [0.717, 1.165) is 17.7 Å². The van der Waals surface area contributed by atoms with Gasteiger partial charge in [0.1, 0.15) is 5.75 Å². The minimum Gasteiger partial charge on any atom is -0.489 e. The molecule has 0 aromatic heterocycles. The van der Waals surface area contributed by atoms with Crippen molar-refractivity contribution in [2.24, 2.45) is 5.73 Å². The van der Waals surface area contributed by atoms with Crippen molar-refractivity contribution in [1.82, 2.24) is 0 Å². The van der Waals surface area contributed by atoms with Crippen molar-refractivity contribution in [2.45, 2.75) is 39.3 Å². The van der Waals surface area contributed by atoms with E-state index in [0.29, 0.717) is 5.02 Å². The van der Waals surface area contributed by atoms with Crippen molar-refractivity contribution in [3.8, 4) is 5.75 Å². The summed E-state index contributed by atoms with van der Waals surface area (Å²) in [5.74, 6) is 0.770. The van der Waals surface area contributed by atoms with Crippen LogP contribution in [-0.4, -0.2) is 12.1 Å². The van der Waals surface area contributed by atoms with Crippen LogP contribution in [0.3, 0.4) is 0 Å². The predicted molar refractivity (Wildman–Crippen MR) is 64.6 cm³/mol. The number of ether oxygens (including phenoxy) is 1. The van der Waals surface area contributed by atoms with E-state index < -0.39 is 0 Å². The predicted octanol–water partition coefficient (Wildman–Crippen LogP) is 3.02. The number of para-hydroxylation sites is 1. The van der Waals surface area contributed by atoms with Crippen LogP contribution in [0.5, 0.6) is 5.75 Å². The van der Waals surface area contributed by atoms with Gasteiger partial charge in [0.05, 0.1) is 11.1 Å². The van der Waals surface area contributed by atoms with E-state index in [-0.39, 0.29) is 12.1 Å². The van der Waals surface area contributed by atoms with Gasteiger partial charge in [-0.15, -0.1) is 0 Å². The van der Waals surface area contributed by atoms with Crippen LogP contribution in [0, 0.1) is 0 Å². The molecule has 0 saturated heterocycles. The molecule has 0 fully saturated rings. The Balaban J connectivity index is 2.97. The second kappa shape index (κ2) is 5.38. The Kier molecular flexibility index (Phi) is 4.43. The van der Waals surface area contributed by atoms with Gasteiger partial charge in [-0.2, -0.15) is 0 Å². The van der Waals surface area contributed by atoms with Crippen molar-refractivity contribution >= 4 is 11.6 Å². The second-order valence-electron chi connectivity index (χ2n) is 4.08. The summed E-state index contributed by atoms with van der Waals surface area (Å²) in [5, 5.41) is 0.654. The molecular formula is C12H18ClNO. The second-order valence-corrected chi connectivity index (χ2v) is 4.48. The average molecular weight is 228 g/mol. The van der Waals surface area contributed by atoms with E-state index in [1.165, 1.54) is 0 Å². The summed E-state index contributed by atoms with van der Waals surface area (Å²) in [5.41, 5.74) is 6.85. The van der Waals surface area contributed by atoms with Crippen LogP contribution in [-0.2, 0) is 6.42 Å². The smallest absolute Gasteiger partial charge is 0.141 e. The van der Waals surface area contributed by atoms with Crippen LogP contribution in [0.25, 0.3) is 0 Å². The molecule has 84 valence electrons. The van der Waals surface area contributed by atoms with Gasteiger partial charge in [-0.05, 0) is 38.8 Å². The van der Waals surface area contributed by atoms with Crippen molar-refractivity contribution in [1.29, 1.82) is 0 Å². The maximum atomic E-state index is 6.09. The van der Waals surface area contributed by atoms with Gasteiger partial charge < -0.3 is 10.5 Å². The maximum Gasteiger partial charge on any atom is 0.141 e. The zero-order valence-electron chi connectivity index (χ0n) is 9.46. The third-order valence-corrected chi connectivity index (χ3v) is 2.24. The average Bonchev–Trinajstić information content (AvgIpc) is 2.09. The highest BCUT2D eigenvalue weighted by Gasteiger charge is 2.11. The first-order valence-electron chi connectivity index (χ1n) is 5.20. The number of nitrogens with two attached hydrogens (primary N) is 1. The molecule has 0 radical (unpaired) electrons. The van der Waals surface area contributed by atoms with E-state index >= 15 is 0 Å². The van der Waals surface area contributed by atoms with Crippen LogP contribution in [0.2, 0.25) is 5.02 Å². The van der Waals surface area contributed by atoms with E-state index in [1.54, 1.807) is 0 Å². The quantitative estimate of drug-likeness (QED) is 0.858. The minimum absolute atomic E-state index is 0.109. The van der Waals surface area contributed by atoms with Crippen LogP contribution < -0.4 is 10.5 Å². The summed E-state index contributed by atoms with van der Waals surface area (Å²) < 4.78 is 5.69. The van der Waals surface area contributed by atoms with Crippen molar-refractivity contribution < 1.29 is 4.74 Å². The molecule has 0 amide bonds. The topological polar surface area (TPSA) is 35.2 Å². The number of hydrogen-bond donors (Lipinski definition) is 1. The molecule has 0 aliphatic heterocycles. The van der Waals surface area contributed by atoms with Gasteiger partial charge in [0.25, 0.3) is 0 Å². The minimum atomic E-state index is 0.109. The molecular weight excluding hydrogens is 210 g/mol. The molecule has 1 atom stereocenters. The lowest BCUT2D eigenvalue weighted by Crippen LogP contribution is -2.19. The van der Waals surface area contributed by atoms with E-state index in [1.807, 2.05) is 39.0 Å². The van der Waals surface area contributed by atoms with Crippen LogP contribution in [0.1, 0.15) is 26.3 Å². The first-order chi connectivity index (χ1) is 7.00. The Bertz CT molecular complexity index is 323. The van der Waals surface area contributed by atoms with Crippen molar-refractivity contribution in [2.75, 3.05) is 0 Å². The van der Waals surface area contributed by atoms with E-state index in [9.17, 15) is 0 Å². The Morgan fingerprint density at radius 2 is 2.00 bits per heavy atom. The number of benzene rings is 1. The summed E-state index contributed by atoms with van der Waals surface area (Å²) in [7, 11) is 0. The summed E-state index contributed by atoms with van der Waals surface area (Å²) in [6.07, 6.45) is 0.902. The fourth-order valence-corrected chi connectivity index (χ4v) is 1.67. The first-order valence-corrected chi connectivity index (χ1v) is 5.58. The third kappa shape index (κ3) is 3.73. The largest absolute Gasteiger partial charge is 0.489 e. The summed E-state index contributed by atoms with van der Waals surface area (Å²) in [4.78, 5) is 0. The molecule has 15 heavy (non-hydrogen) atoms. The first kappa shape index (κ1) is 12.3. The SMILES string of the molecule is CC(N)Cc1cccc(Cl)c1OC(C)C. The summed E-state index contributed by atoms with van der Waals surface area (Å²) >= 11 is 6.09. The molecule has 3 heteroatoms. The lowest BCUT2D eigenvalue weighted by atomic mass is 10.1. The lowest BCUT2D eigenvalue weighted by Gasteiger charge is -2.16. The Morgan fingerprint density at radius 3 is 2.53 bits per heavy atom. The van der Waals surface area contributed by atoms with Gasteiger partial charge in [0, 0.05) is 6.04 Å². The summed E-state index contributed by atoms with van der Waals surface area (Å²) in [6, 6.07) is 5.88. The van der Waals surface area contributed by atoms with Crippen LogP contribution >= 0.6 is 11.6 Å². The van der Waals surface area contributed by atoms with Crippen LogP contribution in [0.15, 0.2) is 18.2 Å².